The standard InChI is InChI=1S/C13H13ClFNO/c1-2-16-13(12-4-3-7-17-12)9-5-6-10(14)11(15)8-9/h3-8,13,16H,2H2,1H3. The summed E-state index contributed by atoms with van der Waals surface area (Å²) in [4.78, 5) is 0. The van der Waals surface area contributed by atoms with Crippen LogP contribution in [0.15, 0.2) is 41.0 Å². The lowest BCUT2D eigenvalue weighted by molar-refractivity contribution is 0.451. The van der Waals surface area contributed by atoms with Crippen LogP contribution in [0, 0.1) is 5.82 Å². The molecule has 1 heterocycles. The van der Waals surface area contributed by atoms with Crippen LogP contribution in [-0.2, 0) is 0 Å². The molecule has 1 N–H and O–H groups in total. The maximum absolute atomic E-state index is 13.4. The van der Waals surface area contributed by atoms with E-state index in [0.29, 0.717) is 0 Å². The second-order valence-corrected chi connectivity index (χ2v) is 4.09. The third-order valence-electron chi connectivity index (χ3n) is 2.51. The Morgan fingerprint density at radius 2 is 2.24 bits per heavy atom. The number of rotatable bonds is 4. The molecule has 90 valence electrons. The van der Waals surface area contributed by atoms with E-state index in [1.165, 1.54) is 6.07 Å². The number of furan rings is 1. The van der Waals surface area contributed by atoms with Crippen molar-refractivity contribution < 1.29 is 8.81 Å². The van der Waals surface area contributed by atoms with E-state index in [-0.39, 0.29) is 11.1 Å². The molecule has 2 nitrogen and oxygen atoms in total. The van der Waals surface area contributed by atoms with E-state index < -0.39 is 5.82 Å². The fourth-order valence-electron chi connectivity index (χ4n) is 1.73. The van der Waals surface area contributed by atoms with Crippen LogP contribution in [0.2, 0.25) is 5.02 Å². The molecule has 0 saturated heterocycles. The Kier molecular flexibility index (Phi) is 3.82. The lowest BCUT2D eigenvalue weighted by Crippen LogP contribution is -2.21. The molecule has 0 spiro atoms. The first-order valence-corrected chi connectivity index (χ1v) is 5.82. The molecule has 0 aliphatic heterocycles. The van der Waals surface area contributed by atoms with E-state index in [1.54, 1.807) is 18.4 Å². The maximum Gasteiger partial charge on any atom is 0.142 e. The molecule has 0 saturated carbocycles. The van der Waals surface area contributed by atoms with Crippen molar-refractivity contribution >= 4 is 11.6 Å². The average Bonchev–Trinajstić information content (AvgIpc) is 2.83. The van der Waals surface area contributed by atoms with Crippen LogP contribution in [-0.4, -0.2) is 6.54 Å². The molecular formula is C13H13ClFNO. The smallest absolute Gasteiger partial charge is 0.142 e. The first-order valence-electron chi connectivity index (χ1n) is 5.44. The van der Waals surface area contributed by atoms with E-state index in [4.69, 9.17) is 16.0 Å². The van der Waals surface area contributed by atoms with Gasteiger partial charge >= 0.3 is 0 Å². The van der Waals surface area contributed by atoms with E-state index in [9.17, 15) is 4.39 Å². The molecule has 0 aliphatic carbocycles. The van der Waals surface area contributed by atoms with Crippen LogP contribution in [0.25, 0.3) is 0 Å². The molecule has 0 amide bonds. The van der Waals surface area contributed by atoms with Gasteiger partial charge in [0.15, 0.2) is 0 Å². The van der Waals surface area contributed by atoms with Gasteiger partial charge in [0.05, 0.1) is 17.3 Å². The Morgan fingerprint density at radius 1 is 1.41 bits per heavy atom. The number of hydrogen-bond acceptors (Lipinski definition) is 2. The summed E-state index contributed by atoms with van der Waals surface area (Å²) in [5, 5.41) is 3.37. The van der Waals surface area contributed by atoms with Gasteiger partial charge in [-0.05, 0) is 36.4 Å². The summed E-state index contributed by atoms with van der Waals surface area (Å²) >= 11 is 5.67. The molecule has 4 heteroatoms. The maximum atomic E-state index is 13.4. The minimum absolute atomic E-state index is 0.128. The van der Waals surface area contributed by atoms with Gasteiger partial charge < -0.3 is 9.73 Å². The highest BCUT2D eigenvalue weighted by Crippen LogP contribution is 2.25. The van der Waals surface area contributed by atoms with Gasteiger partial charge in [0.1, 0.15) is 11.6 Å². The third-order valence-corrected chi connectivity index (χ3v) is 2.82. The van der Waals surface area contributed by atoms with Crippen molar-refractivity contribution in [3.05, 3.63) is 58.8 Å². The van der Waals surface area contributed by atoms with Gasteiger partial charge in [0.2, 0.25) is 0 Å². The Balaban J connectivity index is 2.35. The lowest BCUT2D eigenvalue weighted by Gasteiger charge is -2.16. The fourth-order valence-corrected chi connectivity index (χ4v) is 1.85. The topological polar surface area (TPSA) is 25.2 Å². The Hall–Kier alpha value is -1.32. The summed E-state index contributed by atoms with van der Waals surface area (Å²) in [6.07, 6.45) is 1.60. The molecule has 0 fully saturated rings. The normalized spacial score (nSPS) is 12.6. The zero-order valence-electron chi connectivity index (χ0n) is 9.41. The van der Waals surface area contributed by atoms with Crippen LogP contribution >= 0.6 is 11.6 Å². The van der Waals surface area contributed by atoms with E-state index in [1.807, 2.05) is 19.1 Å². The molecule has 1 aromatic carbocycles. The van der Waals surface area contributed by atoms with Gasteiger partial charge in [-0.2, -0.15) is 0 Å². The van der Waals surface area contributed by atoms with Gasteiger partial charge in [0, 0.05) is 0 Å². The zero-order valence-corrected chi connectivity index (χ0v) is 10.2. The average molecular weight is 254 g/mol. The Bertz CT molecular complexity index is 484. The van der Waals surface area contributed by atoms with Gasteiger partial charge in [0.25, 0.3) is 0 Å². The van der Waals surface area contributed by atoms with Crippen molar-refractivity contribution in [1.29, 1.82) is 0 Å². The summed E-state index contributed by atoms with van der Waals surface area (Å²) in [7, 11) is 0. The second-order valence-electron chi connectivity index (χ2n) is 3.68. The van der Waals surface area contributed by atoms with E-state index in [0.717, 1.165) is 17.9 Å². The van der Waals surface area contributed by atoms with E-state index >= 15 is 0 Å². The summed E-state index contributed by atoms with van der Waals surface area (Å²) in [5.74, 6) is 0.340. The molecule has 0 aliphatic rings. The van der Waals surface area contributed by atoms with E-state index in [2.05, 4.69) is 5.32 Å². The Morgan fingerprint density at radius 3 is 2.82 bits per heavy atom. The lowest BCUT2D eigenvalue weighted by atomic mass is 10.0. The minimum Gasteiger partial charge on any atom is -0.467 e. The molecule has 0 radical (unpaired) electrons. The van der Waals surface area contributed by atoms with Crippen LogP contribution in [0.5, 0.6) is 0 Å². The van der Waals surface area contributed by atoms with Crippen molar-refractivity contribution in [2.45, 2.75) is 13.0 Å². The summed E-state index contributed by atoms with van der Waals surface area (Å²) in [6, 6.07) is 8.30. The molecular weight excluding hydrogens is 241 g/mol. The largest absolute Gasteiger partial charge is 0.467 e. The highest BCUT2D eigenvalue weighted by atomic mass is 35.5. The van der Waals surface area contributed by atoms with Gasteiger partial charge in [-0.25, -0.2) is 4.39 Å². The predicted molar refractivity (Wildman–Crippen MR) is 65.6 cm³/mol. The van der Waals surface area contributed by atoms with Gasteiger partial charge in [-0.3, -0.25) is 0 Å². The number of hydrogen-bond donors (Lipinski definition) is 1. The highest BCUT2D eigenvalue weighted by Gasteiger charge is 2.16. The van der Waals surface area contributed by atoms with Crippen molar-refractivity contribution in [2.24, 2.45) is 0 Å². The zero-order chi connectivity index (χ0) is 12.3. The van der Waals surface area contributed by atoms with Crippen LogP contribution < -0.4 is 5.32 Å². The van der Waals surface area contributed by atoms with Crippen LogP contribution in [0.1, 0.15) is 24.3 Å². The van der Waals surface area contributed by atoms with Gasteiger partial charge in [-0.1, -0.05) is 24.6 Å². The monoisotopic (exact) mass is 253 g/mol. The first-order chi connectivity index (χ1) is 8.22. The highest BCUT2D eigenvalue weighted by molar-refractivity contribution is 6.30. The Labute approximate surface area is 104 Å². The summed E-state index contributed by atoms with van der Waals surface area (Å²) in [6.45, 7) is 2.75. The third kappa shape index (κ3) is 2.68. The van der Waals surface area contributed by atoms with Crippen molar-refractivity contribution in [3.8, 4) is 0 Å². The van der Waals surface area contributed by atoms with Crippen LogP contribution in [0.3, 0.4) is 0 Å². The quantitative estimate of drug-likeness (QED) is 0.897. The van der Waals surface area contributed by atoms with Crippen molar-refractivity contribution in [1.82, 2.24) is 5.32 Å². The number of nitrogens with one attached hydrogen (secondary N) is 1. The molecule has 2 aromatic rings. The molecule has 1 atom stereocenters. The van der Waals surface area contributed by atoms with Crippen molar-refractivity contribution in [3.63, 3.8) is 0 Å². The SMILES string of the molecule is CCNC(c1ccc(Cl)c(F)c1)c1ccco1. The van der Waals surface area contributed by atoms with Crippen molar-refractivity contribution in [2.75, 3.05) is 6.54 Å². The molecule has 0 bridgehead atoms. The number of halogens is 2. The number of benzene rings is 1. The molecule has 1 aromatic heterocycles. The first kappa shape index (κ1) is 12.1. The summed E-state index contributed by atoms with van der Waals surface area (Å²) in [5.41, 5.74) is 0.795. The summed E-state index contributed by atoms with van der Waals surface area (Å²) < 4.78 is 18.8. The molecule has 2 rings (SSSR count). The van der Waals surface area contributed by atoms with Crippen LogP contribution in [0.4, 0.5) is 4.39 Å². The fraction of sp³-hybridized carbons (Fsp3) is 0.231. The molecule has 1 unspecified atom stereocenters. The minimum atomic E-state index is -0.418. The molecule has 17 heavy (non-hydrogen) atoms. The van der Waals surface area contributed by atoms with Gasteiger partial charge in [-0.15, -0.1) is 0 Å². The second kappa shape index (κ2) is 5.34. The predicted octanol–water partition coefficient (Wildman–Crippen LogP) is 3.77.